The molecule has 252 valence electrons. The average molecular weight is 744 g/mol. The molecule has 0 spiro atoms. The summed E-state index contributed by atoms with van der Waals surface area (Å²) in [5, 5.41) is 62.8. The Morgan fingerprint density at radius 2 is 0.896 bits per heavy atom. The van der Waals surface area contributed by atoms with E-state index < -0.39 is 11.8 Å². The van der Waals surface area contributed by atoms with Crippen molar-refractivity contribution in [2.75, 3.05) is 14.2 Å². The summed E-state index contributed by atoms with van der Waals surface area (Å²) in [6, 6.07) is 26.3. The number of rotatable bonds is 8. The van der Waals surface area contributed by atoms with Crippen LogP contribution in [0.3, 0.4) is 0 Å². The molecule has 5 rings (SSSR count). The number of methoxy groups -OCH3 is 2. The van der Waals surface area contributed by atoms with Crippen LogP contribution in [-0.4, -0.2) is 48.4 Å². The molecule has 0 saturated carbocycles. The smallest absolute Gasteiger partial charge is 0.870 e. The van der Waals surface area contributed by atoms with Crippen LogP contribution >= 0.6 is 0 Å². The molecule has 0 N–H and O–H groups in total. The topological polar surface area (TPSA) is 186 Å². The molecule has 3 aromatic carbocycles. The van der Waals surface area contributed by atoms with Crippen LogP contribution in [0.4, 0.5) is 0 Å². The van der Waals surface area contributed by atoms with Gasteiger partial charge in [-0.05, 0) is 58.7 Å². The van der Waals surface area contributed by atoms with Crippen molar-refractivity contribution in [3.63, 3.8) is 0 Å². The molecule has 0 aliphatic rings. The second kappa shape index (κ2) is 22.9. The van der Waals surface area contributed by atoms with E-state index in [9.17, 15) is 20.4 Å². The maximum absolute atomic E-state index is 12.2. The van der Waals surface area contributed by atoms with Gasteiger partial charge >= 0.3 is 34.1 Å². The van der Waals surface area contributed by atoms with E-state index >= 15 is 0 Å². The van der Waals surface area contributed by atoms with Crippen molar-refractivity contribution in [2.24, 2.45) is 20.4 Å². The molecule has 2 heterocycles. The van der Waals surface area contributed by atoms with Gasteiger partial charge in [0.1, 0.15) is 11.5 Å². The third kappa shape index (κ3) is 13.5. The number of nitrogens with zero attached hydrogens (tertiary/aromatic N) is 6. The van der Waals surface area contributed by atoms with Gasteiger partial charge in [-0.3, -0.25) is 9.97 Å². The van der Waals surface area contributed by atoms with Crippen LogP contribution in [0.5, 0.6) is 23.0 Å². The van der Waals surface area contributed by atoms with Crippen molar-refractivity contribution in [2.45, 2.75) is 0 Å². The standard InChI is InChI=1S/C24H22N4O6.2C5H5N.2Cu/c1-33-19-7-3-5-17(21(19)29)13-25-27-23(31)15-9-11-16(12-10-15)24(32)28-26-14-18-6-4-8-20(34-2)22(18)30;2*1-2-4-6-5-3-1;;/h3-14,29-30H,1-2H3,(H,27,31)(H,28,32);2*1-5H;;/q;;;2*+2/p-4/b25-13+,26-14+;;;;. The maximum atomic E-state index is 12.2. The molecule has 0 fully saturated rings. The van der Waals surface area contributed by atoms with Gasteiger partial charge in [-0.15, -0.1) is 0 Å². The number of hydrogen-bond donors (Lipinski definition) is 0. The summed E-state index contributed by atoms with van der Waals surface area (Å²) in [5.41, 5.74) is 0.796. The number of pyridine rings is 2. The molecule has 48 heavy (non-hydrogen) atoms. The summed E-state index contributed by atoms with van der Waals surface area (Å²) >= 11 is 0. The van der Waals surface area contributed by atoms with Gasteiger partial charge in [-0.2, -0.15) is 20.4 Å². The number of hydrogen-bond acceptors (Lipinski definition) is 12. The molecule has 12 nitrogen and oxygen atoms in total. The zero-order valence-corrected chi connectivity index (χ0v) is 27.3. The Hall–Kier alpha value is -5.52. The van der Waals surface area contributed by atoms with E-state index in [-0.39, 0.29) is 79.4 Å². The van der Waals surface area contributed by atoms with Gasteiger partial charge in [0.2, 0.25) is 0 Å². The van der Waals surface area contributed by atoms with Crippen molar-refractivity contribution >= 4 is 24.2 Å². The molecular formula is C34H28Cu2N6O6. The first-order chi connectivity index (χ1) is 22.4. The van der Waals surface area contributed by atoms with Gasteiger partial charge in [0.05, 0.1) is 26.6 Å². The van der Waals surface area contributed by atoms with Crippen LogP contribution in [0.1, 0.15) is 22.3 Å². The zero-order valence-electron chi connectivity index (χ0n) is 25.4. The molecule has 0 aliphatic carbocycles. The number of aromatic nitrogens is 2. The SMILES string of the molecule is COc1cccc(/C=N/N=C(\[O-])c2ccc(/C([O-])=N/N=C/c3cccc(OC)c3[O-])cc2)c1[O-].[Cu+2].[Cu+2].c1ccncc1.c1ccncc1. The van der Waals surface area contributed by atoms with Crippen LogP contribution in [0.2, 0.25) is 0 Å². The summed E-state index contributed by atoms with van der Waals surface area (Å²) in [4.78, 5) is 7.57. The van der Waals surface area contributed by atoms with E-state index in [1.165, 1.54) is 62.8 Å². The molecule has 2 aromatic heterocycles. The second-order valence-corrected chi connectivity index (χ2v) is 8.68. The maximum Gasteiger partial charge on any atom is 2.00 e. The van der Waals surface area contributed by atoms with Crippen molar-refractivity contribution in [3.8, 4) is 23.0 Å². The van der Waals surface area contributed by atoms with Gasteiger partial charge in [0.15, 0.2) is 0 Å². The van der Waals surface area contributed by atoms with Crippen molar-refractivity contribution in [1.29, 1.82) is 0 Å². The van der Waals surface area contributed by atoms with Crippen LogP contribution in [-0.2, 0) is 34.1 Å². The largest absolute Gasteiger partial charge is 2.00 e. The van der Waals surface area contributed by atoms with Gasteiger partial charge in [0, 0.05) is 36.6 Å². The van der Waals surface area contributed by atoms with Crippen molar-refractivity contribution in [1.82, 2.24) is 9.97 Å². The summed E-state index contributed by atoms with van der Waals surface area (Å²) in [7, 11) is 2.76. The predicted molar refractivity (Wildman–Crippen MR) is 168 cm³/mol. The van der Waals surface area contributed by atoms with Gasteiger partial charge in [0.25, 0.3) is 0 Å². The van der Waals surface area contributed by atoms with Crippen LogP contribution in [0, 0.1) is 0 Å². The first kappa shape index (κ1) is 40.5. The number of benzene rings is 3. The fraction of sp³-hybridized carbons (Fsp3) is 0.0588. The molecule has 0 aliphatic heterocycles. The zero-order chi connectivity index (χ0) is 33.0. The molecule has 5 aromatic rings. The van der Waals surface area contributed by atoms with Crippen molar-refractivity contribution in [3.05, 3.63) is 144 Å². The van der Waals surface area contributed by atoms with Gasteiger partial charge in [-0.1, -0.05) is 72.2 Å². The molecule has 14 heteroatoms. The molecular weight excluding hydrogens is 716 g/mol. The minimum atomic E-state index is -0.665. The van der Waals surface area contributed by atoms with Gasteiger partial charge < -0.3 is 29.9 Å². The minimum absolute atomic E-state index is 0. The van der Waals surface area contributed by atoms with E-state index in [0.29, 0.717) is 0 Å². The fourth-order valence-corrected chi connectivity index (χ4v) is 3.37. The van der Waals surface area contributed by atoms with Crippen LogP contribution in [0.15, 0.2) is 142 Å². The predicted octanol–water partition coefficient (Wildman–Crippen LogP) is 2.29. The first-order valence-electron chi connectivity index (χ1n) is 13.5. The normalized spacial score (nSPS) is 10.8. The Morgan fingerprint density at radius 1 is 0.542 bits per heavy atom. The Kier molecular flexibility index (Phi) is 19.3. The van der Waals surface area contributed by atoms with Gasteiger partial charge in [-0.25, -0.2) is 0 Å². The number of ether oxygens (including phenoxy) is 2. The van der Waals surface area contributed by atoms with Crippen LogP contribution < -0.4 is 29.9 Å². The third-order valence-electron chi connectivity index (χ3n) is 5.66. The minimum Gasteiger partial charge on any atom is -0.870 e. The Bertz CT molecular complexity index is 1570. The summed E-state index contributed by atoms with van der Waals surface area (Å²) < 4.78 is 9.88. The van der Waals surface area contributed by atoms with E-state index in [1.807, 2.05) is 36.4 Å². The molecule has 0 unspecified atom stereocenters. The Morgan fingerprint density at radius 3 is 1.17 bits per heavy atom. The van der Waals surface area contributed by atoms with E-state index in [2.05, 4.69) is 30.4 Å². The fourth-order valence-electron chi connectivity index (χ4n) is 3.37. The van der Waals surface area contributed by atoms with Crippen LogP contribution in [0.25, 0.3) is 0 Å². The quantitative estimate of drug-likeness (QED) is 0.100. The van der Waals surface area contributed by atoms with E-state index in [1.54, 1.807) is 36.9 Å². The molecule has 0 saturated heterocycles. The summed E-state index contributed by atoms with van der Waals surface area (Å²) in [5.74, 6) is -1.76. The summed E-state index contributed by atoms with van der Waals surface area (Å²) in [6.45, 7) is 0. The molecule has 0 amide bonds. The second-order valence-electron chi connectivity index (χ2n) is 8.68. The summed E-state index contributed by atoms with van der Waals surface area (Å²) in [6.07, 6.45) is 9.32. The Balaban J connectivity index is 0.000000686. The number of para-hydroxylation sites is 2. The average Bonchev–Trinajstić information content (AvgIpc) is 3.11. The molecule has 0 atom stereocenters. The first-order valence-corrected chi connectivity index (χ1v) is 13.5. The Labute approximate surface area is 298 Å². The van der Waals surface area contributed by atoms with E-state index in [0.717, 1.165) is 12.4 Å². The molecule has 2 radical (unpaired) electrons. The molecule has 0 bridgehead atoms. The third-order valence-corrected chi connectivity index (χ3v) is 5.66. The monoisotopic (exact) mass is 742 g/mol. The van der Waals surface area contributed by atoms with E-state index in [4.69, 9.17) is 9.47 Å². The van der Waals surface area contributed by atoms with Crippen molar-refractivity contribution < 1.29 is 64.0 Å².